The van der Waals surface area contributed by atoms with Gasteiger partial charge in [-0.1, -0.05) is 17.3 Å². The Kier molecular flexibility index (Phi) is 6.02. The molecule has 2 aromatic heterocycles. The number of amides is 2. The van der Waals surface area contributed by atoms with Crippen molar-refractivity contribution in [3.05, 3.63) is 53.0 Å². The number of aryl methyl sites for hydroxylation is 3. The highest BCUT2D eigenvalue weighted by molar-refractivity contribution is 7.90. The van der Waals surface area contributed by atoms with Crippen LogP contribution < -0.4 is 10.0 Å². The van der Waals surface area contributed by atoms with Crippen molar-refractivity contribution in [1.82, 2.24) is 19.8 Å². The molecule has 1 aromatic carbocycles. The third-order valence-electron chi connectivity index (χ3n) is 4.11. The van der Waals surface area contributed by atoms with Crippen LogP contribution in [0.1, 0.15) is 27.4 Å². The number of hydrogen-bond acceptors (Lipinski definition) is 9. The number of benzene rings is 1. The molecule has 2 heterocycles. The van der Waals surface area contributed by atoms with Crippen molar-refractivity contribution < 1.29 is 27.3 Å². The van der Waals surface area contributed by atoms with Crippen molar-refractivity contribution in [2.24, 2.45) is 0 Å². The summed E-state index contributed by atoms with van der Waals surface area (Å²) in [5.41, 5.74) is 1.45. The molecule has 3 rings (SSSR count). The lowest BCUT2D eigenvalue weighted by atomic mass is 10.1. The predicted molar refractivity (Wildman–Crippen MR) is 109 cm³/mol. The molecular weight excluding hydrogens is 426 g/mol. The number of carbonyl (C=O) groups excluding carboxylic acids is 2. The smallest absolute Gasteiger partial charge is 0.343 e. The van der Waals surface area contributed by atoms with Crippen LogP contribution in [0.3, 0.4) is 0 Å². The molecule has 0 radical (unpaired) electrons. The zero-order valence-corrected chi connectivity index (χ0v) is 17.9. The van der Waals surface area contributed by atoms with Gasteiger partial charge in [-0.05, 0) is 39.0 Å². The Hall–Kier alpha value is -3.80. The van der Waals surface area contributed by atoms with Crippen LogP contribution in [0.2, 0.25) is 0 Å². The van der Waals surface area contributed by atoms with Crippen molar-refractivity contribution in [3.63, 3.8) is 0 Å². The number of rotatable bonds is 5. The van der Waals surface area contributed by atoms with Gasteiger partial charge >= 0.3 is 12.0 Å². The summed E-state index contributed by atoms with van der Waals surface area (Å²) in [6, 6.07) is 6.35. The first-order valence-electron chi connectivity index (χ1n) is 8.92. The molecule has 0 aliphatic heterocycles. The second kappa shape index (κ2) is 8.52. The minimum atomic E-state index is -4.38. The third kappa shape index (κ3) is 4.69. The van der Waals surface area contributed by atoms with E-state index >= 15 is 0 Å². The van der Waals surface area contributed by atoms with Gasteiger partial charge in [-0.2, -0.15) is 0 Å². The number of carbonyl (C=O) groups is 2. The molecule has 0 saturated heterocycles. The summed E-state index contributed by atoms with van der Waals surface area (Å²) in [7, 11) is -3.19. The molecule has 0 bridgehead atoms. The van der Waals surface area contributed by atoms with Gasteiger partial charge in [0.25, 0.3) is 10.0 Å². The first-order valence-corrected chi connectivity index (χ1v) is 10.4. The predicted octanol–water partition coefficient (Wildman–Crippen LogP) is 2.35. The number of esters is 1. The van der Waals surface area contributed by atoms with E-state index in [1.165, 1.54) is 32.2 Å². The standard InChI is InChI=1S/C19H19N5O6S/c1-10-9-11(2)21-18(20-10)22-19(26)24-31(27,28)14-8-6-5-7-13(14)16-15(17(25)29-4)12(3)23-30-16/h5-9H,1-4H3,(H2,20,21,22,24,26). The zero-order valence-electron chi connectivity index (χ0n) is 17.1. The molecule has 31 heavy (non-hydrogen) atoms. The third-order valence-corrected chi connectivity index (χ3v) is 5.50. The fourth-order valence-electron chi connectivity index (χ4n) is 2.87. The molecule has 0 spiro atoms. The molecule has 2 N–H and O–H groups in total. The molecule has 0 unspecified atom stereocenters. The molecular formula is C19H19N5O6S. The SMILES string of the molecule is COC(=O)c1c(C)noc1-c1ccccc1S(=O)(=O)NC(=O)Nc1nc(C)cc(C)n1. The number of methoxy groups -OCH3 is 1. The highest BCUT2D eigenvalue weighted by Gasteiger charge is 2.29. The average molecular weight is 445 g/mol. The summed E-state index contributed by atoms with van der Waals surface area (Å²) in [4.78, 5) is 32.2. The monoisotopic (exact) mass is 445 g/mol. The van der Waals surface area contributed by atoms with E-state index in [1.807, 2.05) is 4.72 Å². The number of urea groups is 1. The van der Waals surface area contributed by atoms with Crippen LogP contribution in [-0.4, -0.2) is 42.7 Å². The van der Waals surface area contributed by atoms with Crippen molar-refractivity contribution >= 4 is 28.0 Å². The molecule has 0 fully saturated rings. The Morgan fingerprint density at radius 2 is 1.71 bits per heavy atom. The summed E-state index contributed by atoms with van der Waals surface area (Å²) in [5, 5.41) is 6.02. The maximum atomic E-state index is 12.9. The van der Waals surface area contributed by atoms with Crippen LogP contribution in [0.25, 0.3) is 11.3 Å². The van der Waals surface area contributed by atoms with E-state index in [0.29, 0.717) is 11.4 Å². The molecule has 11 nitrogen and oxygen atoms in total. The zero-order chi connectivity index (χ0) is 22.8. The van der Waals surface area contributed by atoms with Gasteiger partial charge in [0.2, 0.25) is 5.95 Å². The Morgan fingerprint density at radius 1 is 1.06 bits per heavy atom. The summed E-state index contributed by atoms with van der Waals surface area (Å²) in [6.45, 7) is 4.94. The van der Waals surface area contributed by atoms with Gasteiger partial charge in [0.1, 0.15) is 5.56 Å². The molecule has 12 heteroatoms. The first-order chi connectivity index (χ1) is 14.6. The first kappa shape index (κ1) is 21.9. The summed E-state index contributed by atoms with van der Waals surface area (Å²) < 4.78 is 37.7. The lowest BCUT2D eigenvalue weighted by Gasteiger charge is -2.11. The van der Waals surface area contributed by atoms with Crippen molar-refractivity contribution in [1.29, 1.82) is 0 Å². The normalized spacial score (nSPS) is 11.1. The van der Waals surface area contributed by atoms with Crippen LogP contribution in [0.4, 0.5) is 10.7 Å². The van der Waals surface area contributed by atoms with Gasteiger partial charge in [0.05, 0.1) is 17.7 Å². The fraction of sp³-hybridized carbons (Fsp3) is 0.211. The minimum Gasteiger partial charge on any atom is -0.465 e. The average Bonchev–Trinajstić information content (AvgIpc) is 3.07. The van der Waals surface area contributed by atoms with Crippen LogP contribution in [0, 0.1) is 20.8 Å². The molecule has 162 valence electrons. The second-order valence-corrected chi connectivity index (χ2v) is 8.14. The van der Waals surface area contributed by atoms with Gasteiger partial charge in [-0.3, -0.25) is 5.32 Å². The molecule has 0 atom stereocenters. The fourth-order valence-corrected chi connectivity index (χ4v) is 3.98. The number of aromatic nitrogens is 3. The van der Waals surface area contributed by atoms with E-state index in [1.54, 1.807) is 26.0 Å². The molecule has 0 aliphatic rings. The van der Waals surface area contributed by atoms with Gasteiger partial charge < -0.3 is 9.26 Å². The highest BCUT2D eigenvalue weighted by Crippen LogP contribution is 2.32. The van der Waals surface area contributed by atoms with Crippen LogP contribution >= 0.6 is 0 Å². The van der Waals surface area contributed by atoms with Crippen molar-refractivity contribution in [3.8, 4) is 11.3 Å². The van der Waals surface area contributed by atoms with E-state index in [-0.39, 0.29) is 33.4 Å². The number of hydrogen-bond donors (Lipinski definition) is 2. The minimum absolute atomic E-state index is 0.0155. The van der Waals surface area contributed by atoms with Crippen LogP contribution in [0.5, 0.6) is 0 Å². The van der Waals surface area contributed by atoms with Gasteiger partial charge in [-0.25, -0.2) is 32.7 Å². The van der Waals surface area contributed by atoms with Crippen molar-refractivity contribution in [2.45, 2.75) is 25.7 Å². The van der Waals surface area contributed by atoms with Gasteiger partial charge in [-0.15, -0.1) is 0 Å². The number of anilines is 1. The van der Waals surface area contributed by atoms with E-state index < -0.39 is 22.0 Å². The highest BCUT2D eigenvalue weighted by atomic mass is 32.2. The van der Waals surface area contributed by atoms with E-state index in [9.17, 15) is 18.0 Å². The summed E-state index contributed by atoms with van der Waals surface area (Å²) in [5.74, 6) is -0.876. The van der Waals surface area contributed by atoms with Gasteiger partial charge in [0, 0.05) is 17.0 Å². The second-order valence-electron chi connectivity index (χ2n) is 6.49. The van der Waals surface area contributed by atoms with E-state index in [0.717, 1.165) is 0 Å². The maximum absolute atomic E-state index is 12.9. The lowest BCUT2D eigenvalue weighted by molar-refractivity contribution is 0.0600. The summed E-state index contributed by atoms with van der Waals surface area (Å²) in [6.07, 6.45) is 0. The van der Waals surface area contributed by atoms with Crippen molar-refractivity contribution in [2.75, 3.05) is 12.4 Å². The Morgan fingerprint density at radius 3 is 2.35 bits per heavy atom. The number of ether oxygens (including phenoxy) is 1. The number of nitrogens with zero attached hydrogens (tertiary/aromatic N) is 3. The topological polar surface area (TPSA) is 153 Å². The Bertz CT molecular complexity index is 1250. The molecule has 0 saturated carbocycles. The maximum Gasteiger partial charge on any atom is 0.343 e. The van der Waals surface area contributed by atoms with Gasteiger partial charge in [0.15, 0.2) is 5.76 Å². The van der Waals surface area contributed by atoms with E-state index in [2.05, 4.69) is 20.4 Å². The molecule has 3 aromatic rings. The molecule has 0 aliphatic carbocycles. The molecule has 2 amide bonds. The van der Waals surface area contributed by atoms with E-state index in [4.69, 9.17) is 9.26 Å². The van der Waals surface area contributed by atoms with Crippen LogP contribution in [-0.2, 0) is 14.8 Å². The van der Waals surface area contributed by atoms with Crippen LogP contribution in [0.15, 0.2) is 39.8 Å². The Balaban J connectivity index is 1.95. The number of nitrogens with one attached hydrogen (secondary N) is 2. The summed E-state index contributed by atoms with van der Waals surface area (Å²) >= 11 is 0. The lowest BCUT2D eigenvalue weighted by Crippen LogP contribution is -2.35. The number of sulfonamides is 1. The quantitative estimate of drug-likeness (QED) is 0.563. The Labute approximate surface area is 177 Å². The largest absolute Gasteiger partial charge is 0.465 e.